The number of benzene rings is 2. The van der Waals surface area contributed by atoms with Gasteiger partial charge in [-0.2, -0.15) is 0 Å². The van der Waals surface area contributed by atoms with Crippen LogP contribution < -0.4 is 14.8 Å². The number of nitrogens with zero attached hydrogens (tertiary/aromatic N) is 1. The minimum absolute atomic E-state index is 0.113. The first-order valence-corrected chi connectivity index (χ1v) is 7.40. The van der Waals surface area contributed by atoms with Gasteiger partial charge >= 0.3 is 5.69 Å². The number of ether oxygens (including phenoxy) is 2. The molecule has 0 aromatic heterocycles. The number of nitro benzene ring substituents is 1. The van der Waals surface area contributed by atoms with Crippen molar-refractivity contribution in [1.29, 1.82) is 0 Å². The quantitative estimate of drug-likeness (QED) is 0.630. The van der Waals surface area contributed by atoms with E-state index in [0.717, 1.165) is 6.07 Å². The Morgan fingerprint density at radius 2 is 2.04 bits per heavy atom. The van der Waals surface area contributed by atoms with Crippen molar-refractivity contribution in [2.75, 3.05) is 19.0 Å². The van der Waals surface area contributed by atoms with Gasteiger partial charge in [0.15, 0.2) is 5.75 Å². The van der Waals surface area contributed by atoms with Crippen molar-refractivity contribution >= 4 is 28.9 Å². The van der Waals surface area contributed by atoms with Crippen LogP contribution in [0.1, 0.15) is 17.3 Å². The second-order valence-electron chi connectivity index (χ2n) is 4.67. The first kappa shape index (κ1) is 17.6. The van der Waals surface area contributed by atoms with Gasteiger partial charge in [0.2, 0.25) is 0 Å². The minimum Gasteiger partial charge on any atom is -0.497 e. The lowest BCUT2D eigenvalue weighted by Gasteiger charge is -2.10. The summed E-state index contributed by atoms with van der Waals surface area (Å²) in [6.45, 7) is 2.00. The number of halogens is 1. The van der Waals surface area contributed by atoms with E-state index in [1.54, 1.807) is 25.1 Å². The SMILES string of the molecule is CCOc1ccc(C(=O)Nc2ccc(OC)cc2Cl)cc1[N+](=O)[O-]. The molecule has 24 heavy (non-hydrogen) atoms. The summed E-state index contributed by atoms with van der Waals surface area (Å²) in [7, 11) is 1.50. The predicted molar refractivity (Wildman–Crippen MR) is 90.2 cm³/mol. The van der Waals surface area contributed by atoms with Gasteiger partial charge in [-0.15, -0.1) is 0 Å². The topological polar surface area (TPSA) is 90.7 Å². The number of hydrogen-bond donors (Lipinski definition) is 1. The lowest BCUT2D eigenvalue weighted by molar-refractivity contribution is -0.385. The van der Waals surface area contributed by atoms with Crippen LogP contribution in [0.3, 0.4) is 0 Å². The van der Waals surface area contributed by atoms with Gasteiger partial charge in [0, 0.05) is 17.7 Å². The number of carbonyl (C=O) groups is 1. The van der Waals surface area contributed by atoms with Crippen LogP contribution in [0.2, 0.25) is 5.02 Å². The molecule has 0 radical (unpaired) electrons. The summed E-state index contributed by atoms with van der Waals surface area (Å²) >= 11 is 6.06. The van der Waals surface area contributed by atoms with Crippen LogP contribution >= 0.6 is 11.6 Å². The second kappa shape index (κ2) is 7.65. The number of methoxy groups -OCH3 is 1. The fourth-order valence-electron chi connectivity index (χ4n) is 2.00. The molecule has 0 fully saturated rings. The Balaban J connectivity index is 2.26. The number of hydrogen-bond acceptors (Lipinski definition) is 5. The summed E-state index contributed by atoms with van der Waals surface area (Å²) in [6.07, 6.45) is 0. The number of nitro groups is 1. The van der Waals surface area contributed by atoms with Crippen LogP contribution in [-0.2, 0) is 0 Å². The maximum atomic E-state index is 12.3. The lowest BCUT2D eigenvalue weighted by Crippen LogP contribution is -2.13. The molecule has 2 aromatic carbocycles. The van der Waals surface area contributed by atoms with Crippen molar-refractivity contribution in [2.45, 2.75) is 6.92 Å². The molecule has 0 bridgehead atoms. The van der Waals surface area contributed by atoms with Gasteiger partial charge < -0.3 is 14.8 Å². The van der Waals surface area contributed by atoms with Gasteiger partial charge in [-0.3, -0.25) is 14.9 Å². The van der Waals surface area contributed by atoms with E-state index >= 15 is 0 Å². The predicted octanol–water partition coefficient (Wildman–Crippen LogP) is 3.91. The first-order valence-electron chi connectivity index (χ1n) is 7.02. The molecule has 1 N–H and O–H groups in total. The van der Waals surface area contributed by atoms with Gasteiger partial charge in [-0.05, 0) is 31.2 Å². The Morgan fingerprint density at radius 3 is 2.62 bits per heavy atom. The van der Waals surface area contributed by atoms with E-state index in [-0.39, 0.29) is 23.6 Å². The molecular formula is C16H15ClN2O5. The van der Waals surface area contributed by atoms with Crippen LogP contribution in [0.15, 0.2) is 36.4 Å². The monoisotopic (exact) mass is 350 g/mol. The smallest absolute Gasteiger partial charge is 0.311 e. The summed E-state index contributed by atoms with van der Waals surface area (Å²) in [4.78, 5) is 22.8. The van der Waals surface area contributed by atoms with Gasteiger partial charge in [-0.1, -0.05) is 11.6 Å². The van der Waals surface area contributed by atoms with E-state index < -0.39 is 10.8 Å². The molecular weight excluding hydrogens is 336 g/mol. The average Bonchev–Trinajstić information content (AvgIpc) is 2.57. The summed E-state index contributed by atoms with van der Waals surface area (Å²) in [5, 5.41) is 14.0. The van der Waals surface area contributed by atoms with Crippen LogP contribution in [0.4, 0.5) is 11.4 Å². The Kier molecular flexibility index (Phi) is 5.59. The highest BCUT2D eigenvalue weighted by Crippen LogP contribution is 2.30. The molecule has 126 valence electrons. The molecule has 0 heterocycles. The molecule has 0 aliphatic heterocycles. The van der Waals surface area contributed by atoms with E-state index in [0.29, 0.717) is 16.5 Å². The average molecular weight is 351 g/mol. The molecule has 2 rings (SSSR count). The largest absolute Gasteiger partial charge is 0.497 e. The number of carbonyl (C=O) groups excluding carboxylic acids is 1. The molecule has 8 heteroatoms. The van der Waals surface area contributed by atoms with Crippen LogP contribution in [-0.4, -0.2) is 24.5 Å². The number of anilines is 1. The standard InChI is InChI=1S/C16H15ClN2O5/c1-3-24-15-7-4-10(8-14(15)19(21)22)16(20)18-13-6-5-11(23-2)9-12(13)17/h4-9H,3H2,1-2H3,(H,18,20). The summed E-state index contributed by atoms with van der Waals surface area (Å²) in [5.41, 5.74) is 0.223. The van der Waals surface area contributed by atoms with Crippen molar-refractivity contribution in [1.82, 2.24) is 0 Å². The van der Waals surface area contributed by atoms with Crippen molar-refractivity contribution in [2.24, 2.45) is 0 Å². The number of amides is 1. The molecule has 0 aliphatic rings. The van der Waals surface area contributed by atoms with E-state index in [9.17, 15) is 14.9 Å². The molecule has 0 unspecified atom stereocenters. The highest BCUT2D eigenvalue weighted by molar-refractivity contribution is 6.34. The maximum Gasteiger partial charge on any atom is 0.311 e. The highest BCUT2D eigenvalue weighted by Gasteiger charge is 2.19. The van der Waals surface area contributed by atoms with Crippen LogP contribution in [0.5, 0.6) is 11.5 Å². The molecule has 0 saturated carbocycles. The van der Waals surface area contributed by atoms with Gasteiger partial charge in [0.1, 0.15) is 5.75 Å². The van der Waals surface area contributed by atoms with E-state index in [1.807, 2.05) is 0 Å². The van der Waals surface area contributed by atoms with E-state index in [2.05, 4.69) is 5.32 Å². The fraction of sp³-hybridized carbons (Fsp3) is 0.188. The third-order valence-corrected chi connectivity index (χ3v) is 3.45. The summed E-state index contributed by atoms with van der Waals surface area (Å²) in [6, 6.07) is 8.79. The third kappa shape index (κ3) is 3.94. The molecule has 0 atom stereocenters. The maximum absolute atomic E-state index is 12.3. The zero-order valence-corrected chi connectivity index (χ0v) is 13.8. The van der Waals surface area contributed by atoms with Gasteiger partial charge in [0.05, 0.1) is 29.4 Å². The van der Waals surface area contributed by atoms with E-state index in [1.165, 1.54) is 19.2 Å². The zero-order chi connectivity index (χ0) is 17.7. The molecule has 0 saturated heterocycles. The Morgan fingerprint density at radius 1 is 1.29 bits per heavy atom. The minimum atomic E-state index is -0.595. The van der Waals surface area contributed by atoms with Crippen LogP contribution in [0.25, 0.3) is 0 Å². The normalized spacial score (nSPS) is 10.1. The van der Waals surface area contributed by atoms with E-state index in [4.69, 9.17) is 21.1 Å². The van der Waals surface area contributed by atoms with Crippen molar-refractivity contribution in [3.8, 4) is 11.5 Å². The second-order valence-corrected chi connectivity index (χ2v) is 5.08. The van der Waals surface area contributed by atoms with Gasteiger partial charge in [-0.25, -0.2) is 0 Å². The molecule has 2 aromatic rings. The summed E-state index contributed by atoms with van der Waals surface area (Å²) in [5.74, 6) is 0.143. The number of rotatable bonds is 6. The Hall–Kier alpha value is -2.80. The van der Waals surface area contributed by atoms with Crippen LogP contribution in [0, 0.1) is 10.1 Å². The number of nitrogens with one attached hydrogen (secondary N) is 1. The fourth-order valence-corrected chi connectivity index (χ4v) is 2.22. The first-order chi connectivity index (χ1) is 11.5. The Labute approximate surface area is 143 Å². The molecule has 0 spiro atoms. The van der Waals surface area contributed by atoms with Crippen molar-refractivity contribution in [3.05, 3.63) is 57.1 Å². The van der Waals surface area contributed by atoms with Crippen molar-refractivity contribution < 1.29 is 19.2 Å². The third-order valence-electron chi connectivity index (χ3n) is 3.14. The zero-order valence-electron chi connectivity index (χ0n) is 13.0. The van der Waals surface area contributed by atoms with Gasteiger partial charge in [0.25, 0.3) is 5.91 Å². The van der Waals surface area contributed by atoms with Crippen molar-refractivity contribution in [3.63, 3.8) is 0 Å². The summed E-state index contributed by atoms with van der Waals surface area (Å²) < 4.78 is 10.2. The Bertz CT molecular complexity index is 779. The molecule has 0 aliphatic carbocycles. The lowest BCUT2D eigenvalue weighted by atomic mass is 10.1. The molecule has 7 nitrogen and oxygen atoms in total. The highest BCUT2D eigenvalue weighted by atomic mass is 35.5. The molecule has 1 amide bonds.